The molecule has 2 aromatic carbocycles. The predicted octanol–water partition coefficient (Wildman–Crippen LogP) is 4.48. The Labute approximate surface area is 187 Å². The number of likely N-dealkylation sites (tertiary alicyclic amines) is 1. The van der Waals surface area contributed by atoms with Crippen LogP contribution < -0.4 is 4.74 Å². The summed E-state index contributed by atoms with van der Waals surface area (Å²) in [6.45, 7) is 1.95. The van der Waals surface area contributed by atoms with E-state index in [-0.39, 0.29) is 5.91 Å². The summed E-state index contributed by atoms with van der Waals surface area (Å²) in [6, 6.07) is 17.8. The van der Waals surface area contributed by atoms with Crippen LogP contribution in [0.1, 0.15) is 35.7 Å². The van der Waals surface area contributed by atoms with E-state index in [0.29, 0.717) is 30.4 Å². The number of ether oxygens (including phenoxy) is 1. The largest absolute Gasteiger partial charge is 0.489 e. The first-order valence-electron chi connectivity index (χ1n) is 10.5. The highest BCUT2D eigenvalue weighted by Gasteiger charge is 2.25. The van der Waals surface area contributed by atoms with Crippen molar-refractivity contribution in [2.75, 3.05) is 13.1 Å². The number of nitrogens with zero attached hydrogens (tertiary/aromatic N) is 3. The first-order valence-corrected chi connectivity index (χ1v) is 10.9. The molecule has 7 heteroatoms. The van der Waals surface area contributed by atoms with Crippen molar-refractivity contribution in [1.29, 1.82) is 0 Å². The summed E-state index contributed by atoms with van der Waals surface area (Å²) in [5, 5.41) is 7.19. The Bertz CT molecular complexity index is 1110. The Morgan fingerprint density at radius 3 is 2.68 bits per heavy atom. The van der Waals surface area contributed by atoms with E-state index in [1.807, 2.05) is 77.2 Å². The zero-order chi connectivity index (χ0) is 21.6. The molecule has 4 rings (SSSR count). The highest BCUT2D eigenvalue weighted by molar-refractivity contribution is 7.71. The van der Waals surface area contributed by atoms with E-state index < -0.39 is 0 Å². The zero-order valence-corrected chi connectivity index (χ0v) is 18.3. The number of hydrogen-bond acceptors (Lipinski definition) is 4. The Morgan fingerprint density at radius 1 is 1.19 bits per heavy atom. The fraction of sp³-hybridized carbons (Fsp3) is 0.292. The third-order valence-electron chi connectivity index (χ3n) is 5.61. The lowest BCUT2D eigenvalue weighted by atomic mass is 9.96. The fourth-order valence-corrected chi connectivity index (χ4v) is 3.94. The fourth-order valence-electron chi connectivity index (χ4n) is 3.80. The minimum atomic E-state index is 0.0319. The topological polar surface area (TPSA) is 63.1 Å². The average Bonchev–Trinajstić information content (AvgIpc) is 3.15. The molecule has 1 fully saturated rings. The third kappa shape index (κ3) is 5.30. The van der Waals surface area contributed by atoms with Crippen LogP contribution in [0.4, 0.5) is 0 Å². The van der Waals surface area contributed by atoms with Crippen molar-refractivity contribution in [2.45, 2.75) is 25.4 Å². The molecule has 1 amide bonds. The Kier molecular flexibility index (Phi) is 6.62. The molecule has 0 aliphatic carbocycles. The maximum absolute atomic E-state index is 12.6. The molecular formula is C24H26N4O2S. The normalized spacial score (nSPS) is 14.8. The van der Waals surface area contributed by atoms with Crippen molar-refractivity contribution in [3.05, 3.63) is 82.4 Å². The molecule has 31 heavy (non-hydrogen) atoms. The van der Waals surface area contributed by atoms with Crippen LogP contribution in [0, 0.1) is 4.77 Å². The van der Waals surface area contributed by atoms with Crippen LogP contribution in [-0.2, 0) is 18.4 Å². The second kappa shape index (κ2) is 9.75. The van der Waals surface area contributed by atoms with E-state index in [9.17, 15) is 4.79 Å². The van der Waals surface area contributed by atoms with Gasteiger partial charge >= 0.3 is 0 Å². The van der Waals surface area contributed by atoms with E-state index in [1.54, 1.807) is 6.08 Å². The Balaban J connectivity index is 1.31. The number of benzene rings is 2. The number of aromatic nitrogens is 3. The van der Waals surface area contributed by atoms with Gasteiger partial charge in [-0.05, 0) is 54.4 Å². The maximum Gasteiger partial charge on any atom is 0.246 e. The van der Waals surface area contributed by atoms with Gasteiger partial charge in [0.15, 0.2) is 4.77 Å². The highest BCUT2D eigenvalue weighted by atomic mass is 32.1. The number of rotatable bonds is 6. The number of aromatic amines is 1. The van der Waals surface area contributed by atoms with Crippen LogP contribution in [0.5, 0.6) is 5.75 Å². The molecule has 160 valence electrons. The van der Waals surface area contributed by atoms with E-state index in [2.05, 4.69) is 10.2 Å². The number of H-pyrrole nitrogens is 1. The van der Waals surface area contributed by atoms with Gasteiger partial charge in [0.05, 0.1) is 0 Å². The molecule has 1 aromatic heterocycles. The van der Waals surface area contributed by atoms with Crippen molar-refractivity contribution in [3.63, 3.8) is 0 Å². The summed E-state index contributed by atoms with van der Waals surface area (Å²) in [6.07, 6.45) is 5.26. The van der Waals surface area contributed by atoms with Crippen LogP contribution in [0.2, 0.25) is 0 Å². The van der Waals surface area contributed by atoms with Gasteiger partial charge in [0.1, 0.15) is 18.2 Å². The molecule has 1 aliphatic rings. The molecular weight excluding hydrogens is 408 g/mol. The molecule has 1 aliphatic heterocycles. The van der Waals surface area contributed by atoms with Crippen molar-refractivity contribution >= 4 is 24.2 Å². The number of carbonyl (C=O) groups excluding carboxylic acids is 1. The van der Waals surface area contributed by atoms with Gasteiger partial charge in [-0.15, -0.1) is 0 Å². The van der Waals surface area contributed by atoms with Gasteiger partial charge in [0, 0.05) is 32.1 Å². The summed E-state index contributed by atoms with van der Waals surface area (Å²) in [5.41, 5.74) is 2.06. The molecule has 0 radical (unpaired) electrons. The number of hydrogen-bond donors (Lipinski definition) is 1. The van der Waals surface area contributed by atoms with Gasteiger partial charge in [-0.2, -0.15) is 5.10 Å². The molecule has 1 N–H and O–H groups in total. The summed E-state index contributed by atoms with van der Waals surface area (Å²) in [5.74, 6) is 2.11. The van der Waals surface area contributed by atoms with Gasteiger partial charge in [-0.3, -0.25) is 9.89 Å². The number of nitrogens with one attached hydrogen (secondary N) is 1. The van der Waals surface area contributed by atoms with Gasteiger partial charge in [0.25, 0.3) is 0 Å². The van der Waals surface area contributed by atoms with Gasteiger partial charge in [-0.1, -0.05) is 42.5 Å². The summed E-state index contributed by atoms with van der Waals surface area (Å²) in [7, 11) is 1.93. The number of piperidine rings is 1. The van der Waals surface area contributed by atoms with Crippen molar-refractivity contribution in [3.8, 4) is 5.75 Å². The summed E-state index contributed by atoms with van der Waals surface area (Å²) in [4.78, 5) is 14.5. The Morgan fingerprint density at radius 2 is 1.97 bits per heavy atom. The Hall–Kier alpha value is -3.19. The average molecular weight is 435 g/mol. The first-order chi connectivity index (χ1) is 15.1. The SMILES string of the molecule is Cn1c(C2CCN(C(=O)C=Cc3cccc(OCc4ccccc4)c3)CC2)n[nH]c1=S. The predicted molar refractivity (Wildman–Crippen MR) is 123 cm³/mol. The second-order valence-corrected chi connectivity index (χ2v) is 8.11. The summed E-state index contributed by atoms with van der Waals surface area (Å²) >= 11 is 5.20. The first kappa shape index (κ1) is 21.1. The molecule has 0 bridgehead atoms. The number of carbonyl (C=O) groups is 1. The van der Waals surface area contributed by atoms with Crippen molar-refractivity contribution in [2.24, 2.45) is 7.05 Å². The van der Waals surface area contributed by atoms with Crippen LogP contribution in [0.15, 0.2) is 60.7 Å². The van der Waals surface area contributed by atoms with Gasteiger partial charge in [-0.25, -0.2) is 0 Å². The molecule has 6 nitrogen and oxygen atoms in total. The van der Waals surface area contributed by atoms with Gasteiger partial charge in [0.2, 0.25) is 5.91 Å². The van der Waals surface area contributed by atoms with E-state index in [1.165, 1.54) is 0 Å². The zero-order valence-electron chi connectivity index (χ0n) is 17.5. The monoisotopic (exact) mass is 434 g/mol. The maximum atomic E-state index is 12.6. The van der Waals surface area contributed by atoms with Crippen LogP contribution in [0.3, 0.4) is 0 Å². The lowest BCUT2D eigenvalue weighted by Crippen LogP contribution is -2.37. The van der Waals surface area contributed by atoms with Crippen molar-refractivity contribution < 1.29 is 9.53 Å². The second-order valence-electron chi connectivity index (χ2n) is 7.73. The molecule has 0 unspecified atom stereocenters. The summed E-state index contributed by atoms with van der Waals surface area (Å²) < 4.78 is 8.43. The van der Waals surface area contributed by atoms with E-state index in [0.717, 1.165) is 35.5 Å². The lowest BCUT2D eigenvalue weighted by molar-refractivity contribution is -0.127. The molecule has 2 heterocycles. The highest BCUT2D eigenvalue weighted by Crippen LogP contribution is 2.26. The van der Waals surface area contributed by atoms with Crippen LogP contribution in [-0.4, -0.2) is 38.7 Å². The van der Waals surface area contributed by atoms with Crippen LogP contribution >= 0.6 is 12.2 Å². The molecule has 3 aromatic rings. The van der Waals surface area contributed by atoms with Gasteiger partial charge < -0.3 is 14.2 Å². The quantitative estimate of drug-likeness (QED) is 0.459. The third-order valence-corrected chi connectivity index (χ3v) is 5.98. The molecule has 0 atom stereocenters. The molecule has 0 saturated carbocycles. The standard InChI is InChI=1S/C24H26N4O2S/c1-27-23(25-26-24(27)31)20-12-14-28(15-13-20)22(29)11-10-18-8-5-9-21(16-18)30-17-19-6-3-2-4-7-19/h2-11,16,20H,12-15,17H2,1H3,(H,26,31). The van der Waals surface area contributed by atoms with Crippen LogP contribution in [0.25, 0.3) is 6.08 Å². The van der Waals surface area contributed by atoms with E-state index >= 15 is 0 Å². The van der Waals surface area contributed by atoms with E-state index in [4.69, 9.17) is 17.0 Å². The smallest absolute Gasteiger partial charge is 0.246 e. The lowest BCUT2D eigenvalue weighted by Gasteiger charge is -2.30. The molecule has 0 spiro atoms. The van der Waals surface area contributed by atoms with Crippen molar-refractivity contribution in [1.82, 2.24) is 19.7 Å². The number of amides is 1. The minimum absolute atomic E-state index is 0.0319. The molecule has 1 saturated heterocycles. The minimum Gasteiger partial charge on any atom is -0.489 e.